The van der Waals surface area contributed by atoms with Crippen molar-refractivity contribution >= 4 is 17.6 Å². The lowest BCUT2D eigenvalue weighted by Gasteiger charge is -2.10. The number of para-hydroxylation sites is 1. The zero-order chi connectivity index (χ0) is 18.5. The van der Waals surface area contributed by atoms with Crippen LogP contribution in [0.5, 0.6) is 0 Å². The van der Waals surface area contributed by atoms with E-state index in [0.29, 0.717) is 22.7 Å². The zero-order valence-corrected chi connectivity index (χ0v) is 14.5. The summed E-state index contributed by atoms with van der Waals surface area (Å²) in [4.78, 5) is 24.8. The van der Waals surface area contributed by atoms with Gasteiger partial charge in [0.1, 0.15) is 0 Å². The molecule has 1 aromatic heterocycles. The predicted molar refractivity (Wildman–Crippen MR) is 95.9 cm³/mol. The van der Waals surface area contributed by atoms with E-state index < -0.39 is 5.97 Å². The molecule has 0 aliphatic rings. The molecule has 3 aromatic rings. The Bertz CT molecular complexity index is 946. The maximum absolute atomic E-state index is 12.4. The van der Waals surface area contributed by atoms with Crippen LogP contribution in [-0.4, -0.2) is 17.0 Å². The molecule has 3 rings (SSSR count). The zero-order valence-electron chi connectivity index (χ0n) is 14.5. The van der Waals surface area contributed by atoms with Gasteiger partial charge in [-0.3, -0.25) is 4.79 Å². The van der Waals surface area contributed by atoms with Crippen molar-refractivity contribution in [3.63, 3.8) is 0 Å². The molecule has 0 bridgehead atoms. The van der Waals surface area contributed by atoms with Crippen LogP contribution in [0.2, 0.25) is 0 Å². The van der Waals surface area contributed by atoms with Crippen LogP contribution in [0.4, 0.5) is 5.69 Å². The number of aromatic nitrogens is 1. The molecule has 0 aliphatic heterocycles. The third-order valence-electron chi connectivity index (χ3n) is 3.70. The Hall–Kier alpha value is -3.41. The molecular weight excluding hydrogens is 332 g/mol. The van der Waals surface area contributed by atoms with Crippen LogP contribution in [0.15, 0.2) is 59.1 Å². The van der Waals surface area contributed by atoms with Gasteiger partial charge in [0, 0.05) is 11.6 Å². The number of anilines is 1. The molecule has 0 fully saturated rings. The van der Waals surface area contributed by atoms with E-state index in [1.165, 1.54) is 0 Å². The molecule has 26 heavy (non-hydrogen) atoms. The van der Waals surface area contributed by atoms with Gasteiger partial charge in [-0.25, -0.2) is 4.79 Å². The maximum Gasteiger partial charge on any atom is 0.340 e. The molecule has 0 saturated heterocycles. The fraction of sp³-hybridized carbons (Fsp3) is 0.150. The van der Waals surface area contributed by atoms with Crippen LogP contribution >= 0.6 is 0 Å². The van der Waals surface area contributed by atoms with Gasteiger partial charge in [0.2, 0.25) is 0 Å². The molecule has 0 radical (unpaired) electrons. The second kappa shape index (κ2) is 7.65. The quantitative estimate of drug-likeness (QED) is 0.706. The largest absolute Gasteiger partial charge is 0.454 e. The molecule has 0 spiro atoms. The first-order valence-electron chi connectivity index (χ1n) is 8.09. The van der Waals surface area contributed by atoms with E-state index in [-0.39, 0.29) is 18.1 Å². The average molecular weight is 350 g/mol. The molecule has 2 aromatic carbocycles. The molecule has 1 N–H and O–H groups in total. The number of esters is 1. The Morgan fingerprint density at radius 1 is 1.08 bits per heavy atom. The lowest BCUT2D eigenvalue weighted by molar-refractivity contribution is 0.0438. The minimum Gasteiger partial charge on any atom is -0.454 e. The van der Waals surface area contributed by atoms with Gasteiger partial charge < -0.3 is 14.6 Å². The Labute approximate surface area is 150 Å². The van der Waals surface area contributed by atoms with E-state index in [2.05, 4.69) is 10.5 Å². The van der Waals surface area contributed by atoms with Gasteiger partial charge in [0.05, 0.1) is 16.9 Å². The van der Waals surface area contributed by atoms with Crippen molar-refractivity contribution in [2.24, 2.45) is 0 Å². The van der Waals surface area contributed by atoms with Crippen LogP contribution in [0.3, 0.4) is 0 Å². The van der Waals surface area contributed by atoms with Crippen LogP contribution in [-0.2, 0) is 11.3 Å². The number of amides is 1. The summed E-state index contributed by atoms with van der Waals surface area (Å²) in [5, 5.41) is 6.50. The van der Waals surface area contributed by atoms with Crippen molar-refractivity contribution in [3.8, 4) is 0 Å². The summed E-state index contributed by atoms with van der Waals surface area (Å²) in [5.74, 6) is -0.392. The van der Waals surface area contributed by atoms with E-state index in [4.69, 9.17) is 9.26 Å². The summed E-state index contributed by atoms with van der Waals surface area (Å²) >= 11 is 0. The molecular formula is C20H18N2O4. The number of rotatable bonds is 5. The first kappa shape index (κ1) is 17.4. The highest BCUT2D eigenvalue weighted by Crippen LogP contribution is 2.18. The first-order valence-corrected chi connectivity index (χ1v) is 8.09. The molecule has 6 heteroatoms. The van der Waals surface area contributed by atoms with Crippen LogP contribution in [0.25, 0.3) is 0 Å². The highest BCUT2D eigenvalue weighted by molar-refractivity contribution is 6.08. The second-order valence-electron chi connectivity index (χ2n) is 5.88. The number of hydrogen-bond donors (Lipinski definition) is 1. The molecule has 0 atom stereocenters. The minimum absolute atomic E-state index is 0.0279. The summed E-state index contributed by atoms with van der Waals surface area (Å²) in [7, 11) is 0. The monoisotopic (exact) mass is 350 g/mol. The number of nitrogens with zero attached hydrogens (tertiary/aromatic N) is 1. The van der Waals surface area contributed by atoms with Crippen molar-refractivity contribution in [3.05, 3.63) is 82.7 Å². The number of carbonyl (C=O) groups is 2. The number of hydrogen-bond acceptors (Lipinski definition) is 5. The lowest BCUT2D eigenvalue weighted by atomic mass is 10.1. The van der Waals surface area contributed by atoms with Crippen molar-refractivity contribution in [1.82, 2.24) is 5.16 Å². The number of carbonyl (C=O) groups excluding carboxylic acids is 2. The number of aryl methyl sites for hydroxylation is 2. The molecule has 0 unspecified atom stereocenters. The van der Waals surface area contributed by atoms with Crippen LogP contribution < -0.4 is 5.32 Å². The van der Waals surface area contributed by atoms with E-state index >= 15 is 0 Å². The molecule has 1 amide bonds. The number of nitrogens with one attached hydrogen (secondary N) is 1. The SMILES string of the molecule is Cc1cccc(C(=O)Nc2ccccc2C(=O)OCc2cc(C)no2)c1. The summed E-state index contributed by atoms with van der Waals surface area (Å²) in [6.07, 6.45) is 0. The molecule has 0 aliphatic carbocycles. The van der Waals surface area contributed by atoms with Gasteiger partial charge in [-0.15, -0.1) is 0 Å². The molecule has 132 valence electrons. The Balaban J connectivity index is 1.73. The van der Waals surface area contributed by atoms with E-state index in [0.717, 1.165) is 5.56 Å². The Morgan fingerprint density at radius 3 is 2.62 bits per heavy atom. The fourth-order valence-corrected chi connectivity index (χ4v) is 2.45. The lowest BCUT2D eigenvalue weighted by Crippen LogP contribution is -2.16. The van der Waals surface area contributed by atoms with Gasteiger partial charge in [-0.05, 0) is 38.1 Å². The maximum atomic E-state index is 12.4. The first-order chi connectivity index (χ1) is 12.5. The van der Waals surface area contributed by atoms with E-state index in [1.807, 2.05) is 19.1 Å². The van der Waals surface area contributed by atoms with E-state index in [1.54, 1.807) is 49.4 Å². The van der Waals surface area contributed by atoms with Crippen molar-refractivity contribution < 1.29 is 18.8 Å². The highest BCUT2D eigenvalue weighted by Gasteiger charge is 2.16. The topological polar surface area (TPSA) is 81.4 Å². The number of benzene rings is 2. The van der Waals surface area contributed by atoms with Gasteiger partial charge >= 0.3 is 5.97 Å². The minimum atomic E-state index is -0.556. The summed E-state index contributed by atoms with van der Waals surface area (Å²) < 4.78 is 10.3. The fourth-order valence-electron chi connectivity index (χ4n) is 2.45. The van der Waals surface area contributed by atoms with Gasteiger partial charge in [0.25, 0.3) is 5.91 Å². The third-order valence-corrected chi connectivity index (χ3v) is 3.70. The highest BCUT2D eigenvalue weighted by atomic mass is 16.5. The van der Waals surface area contributed by atoms with Gasteiger partial charge in [-0.2, -0.15) is 0 Å². The standard InChI is InChI=1S/C20H18N2O4/c1-13-6-5-7-15(10-13)19(23)21-18-9-4-3-8-17(18)20(24)25-12-16-11-14(2)22-26-16/h3-11H,12H2,1-2H3,(H,21,23). The molecule has 1 heterocycles. The summed E-state index contributed by atoms with van der Waals surface area (Å²) in [5.41, 5.74) is 2.86. The van der Waals surface area contributed by atoms with Gasteiger partial charge in [0.15, 0.2) is 12.4 Å². The average Bonchev–Trinajstić information content (AvgIpc) is 3.05. The smallest absolute Gasteiger partial charge is 0.340 e. The van der Waals surface area contributed by atoms with Crippen molar-refractivity contribution in [2.45, 2.75) is 20.5 Å². The summed E-state index contributed by atoms with van der Waals surface area (Å²) in [6, 6.07) is 15.6. The van der Waals surface area contributed by atoms with Gasteiger partial charge in [-0.1, -0.05) is 35.0 Å². The molecule has 6 nitrogen and oxygen atoms in total. The Kier molecular flexibility index (Phi) is 5.12. The normalized spacial score (nSPS) is 10.4. The third kappa shape index (κ3) is 4.16. The number of ether oxygens (including phenoxy) is 1. The Morgan fingerprint density at radius 2 is 1.88 bits per heavy atom. The van der Waals surface area contributed by atoms with Crippen LogP contribution in [0, 0.1) is 13.8 Å². The molecule has 0 saturated carbocycles. The predicted octanol–water partition coefficient (Wildman–Crippen LogP) is 3.90. The second-order valence-corrected chi connectivity index (χ2v) is 5.88. The van der Waals surface area contributed by atoms with Crippen molar-refractivity contribution in [1.29, 1.82) is 0 Å². The summed E-state index contributed by atoms with van der Waals surface area (Å²) in [6.45, 7) is 3.66. The van der Waals surface area contributed by atoms with Crippen LogP contribution in [0.1, 0.15) is 37.7 Å². The van der Waals surface area contributed by atoms with Crippen molar-refractivity contribution in [2.75, 3.05) is 5.32 Å². The van der Waals surface area contributed by atoms with E-state index in [9.17, 15) is 9.59 Å².